The number of nitrogens with zero attached hydrogens (tertiary/aromatic N) is 1. The van der Waals surface area contributed by atoms with Crippen LogP contribution in [-0.4, -0.2) is 36.3 Å². The van der Waals surface area contributed by atoms with E-state index in [1.54, 1.807) is 11.3 Å². The van der Waals surface area contributed by atoms with Crippen LogP contribution in [0.2, 0.25) is 0 Å². The van der Waals surface area contributed by atoms with Gasteiger partial charge in [-0.25, -0.2) is 4.39 Å². The summed E-state index contributed by atoms with van der Waals surface area (Å²) in [5, 5.41) is 5.09. The minimum absolute atomic E-state index is 0.155. The fraction of sp³-hybridized carbons (Fsp3) is 0.455. The van der Waals surface area contributed by atoms with E-state index in [0.29, 0.717) is 18.7 Å². The molecule has 0 radical (unpaired) electrons. The van der Waals surface area contributed by atoms with Gasteiger partial charge in [0, 0.05) is 25.2 Å². The molecular formula is C22H25FN2O2S. The van der Waals surface area contributed by atoms with E-state index in [2.05, 4.69) is 10.7 Å². The van der Waals surface area contributed by atoms with Crippen LogP contribution in [0.1, 0.15) is 56.8 Å². The number of carbonyl (C=O) groups excluding carboxylic acids is 2. The van der Waals surface area contributed by atoms with Gasteiger partial charge in [0.15, 0.2) is 0 Å². The van der Waals surface area contributed by atoms with Crippen molar-refractivity contribution in [1.29, 1.82) is 0 Å². The molecule has 1 saturated heterocycles. The summed E-state index contributed by atoms with van der Waals surface area (Å²) < 4.78 is 13.0. The van der Waals surface area contributed by atoms with E-state index in [1.165, 1.54) is 48.2 Å². The average molecular weight is 401 g/mol. The molecule has 0 unspecified atom stereocenters. The van der Waals surface area contributed by atoms with Gasteiger partial charge in [-0.15, -0.1) is 11.3 Å². The molecular weight excluding hydrogens is 375 g/mol. The molecule has 1 atom stereocenters. The molecule has 28 heavy (non-hydrogen) atoms. The van der Waals surface area contributed by atoms with E-state index in [4.69, 9.17) is 0 Å². The van der Waals surface area contributed by atoms with E-state index >= 15 is 0 Å². The first kappa shape index (κ1) is 19.1. The highest BCUT2D eigenvalue weighted by Gasteiger charge is 2.28. The van der Waals surface area contributed by atoms with Gasteiger partial charge in [0.25, 0.3) is 11.8 Å². The lowest BCUT2D eigenvalue weighted by atomic mass is 9.93. The summed E-state index contributed by atoms with van der Waals surface area (Å²) in [4.78, 5) is 28.2. The first-order valence-electron chi connectivity index (χ1n) is 10.0. The first-order chi connectivity index (χ1) is 13.6. The van der Waals surface area contributed by atoms with Crippen molar-refractivity contribution in [3.8, 4) is 0 Å². The number of hydrogen-bond donors (Lipinski definition) is 1. The Morgan fingerprint density at radius 3 is 2.75 bits per heavy atom. The van der Waals surface area contributed by atoms with Gasteiger partial charge in [0.1, 0.15) is 5.82 Å². The number of thiophene rings is 1. The Balaban J connectivity index is 1.35. The van der Waals surface area contributed by atoms with Crippen molar-refractivity contribution >= 4 is 23.2 Å². The number of halogens is 1. The first-order valence-corrected chi connectivity index (χ1v) is 10.9. The minimum Gasteiger partial charge on any atom is -0.352 e. The van der Waals surface area contributed by atoms with Crippen molar-refractivity contribution < 1.29 is 14.0 Å². The topological polar surface area (TPSA) is 49.4 Å². The highest BCUT2D eigenvalue weighted by Crippen LogP contribution is 2.31. The Kier molecular flexibility index (Phi) is 5.76. The molecule has 1 fully saturated rings. The molecule has 1 aromatic heterocycles. The number of piperidine rings is 1. The number of hydrogen-bond acceptors (Lipinski definition) is 3. The summed E-state index contributed by atoms with van der Waals surface area (Å²) in [5.41, 5.74) is 3.09. The van der Waals surface area contributed by atoms with Crippen molar-refractivity contribution in [3.63, 3.8) is 0 Å². The van der Waals surface area contributed by atoms with Gasteiger partial charge in [-0.2, -0.15) is 0 Å². The van der Waals surface area contributed by atoms with Crippen LogP contribution in [0.15, 0.2) is 29.6 Å². The average Bonchev–Trinajstić information content (AvgIpc) is 3.16. The summed E-state index contributed by atoms with van der Waals surface area (Å²) in [6.07, 6.45) is 6.45. The van der Waals surface area contributed by atoms with E-state index in [0.717, 1.165) is 37.1 Å². The summed E-state index contributed by atoms with van der Waals surface area (Å²) in [7, 11) is 0. The van der Waals surface area contributed by atoms with E-state index in [1.807, 2.05) is 4.90 Å². The molecule has 6 heteroatoms. The van der Waals surface area contributed by atoms with Crippen molar-refractivity contribution in [2.24, 2.45) is 5.92 Å². The van der Waals surface area contributed by atoms with Gasteiger partial charge < -0.3 is 10.2 Å². The molecule has 2 aromatic rings. The molecule has 1 N–H and O–H groups in total. The monoisotopic (exact) mass is 400 g/mol. The number of rotatable bonds is 4. The molecule has 0 bridgehead atoms. The van der Waals surface area contributed by atoms with Gasteiger partial charge in [0.2, 0.25) is 0 Å². The summed E-state index contributed by atoms with van der Waals surface area (Å²) in [6, 6.07) is 5.55. The molecule has 2 heterocycles. The zero-order chi connectivity index (χ0) is 19.5. The molecule has 4 rings (SSSR count). The van der Waals surface area contributed by atoms with Gasteiger partial charge in [-0.1, -0.05) is 0 Å². The Morgan fingerprint density at radius 2 is 1.93 bits per heavy atom. The Hall–Kier alpha value is -2.21. The van der Waals surface area contributed by atoms with Crippen LogP contribution in [-0.2, 0) is 12.8 Å². The van der Waals surface area contributed by atoms with Crippen LogP contribution in [0.5, 0.6) is 0 Å². The summed E-state index contributed by atoms with van der Waals surface area (Å²) in [5.74, 6) is -0.148. The smallest absolute Gasteiger partial charge is 0.264 e. The predicted molar refractivity (Wildman–Crippen MR) is 108 cm³/mol. The number of nitrogens with one attached hydrogen (secondary N) is 1. The summed E-state index contributed by atoms with van der Waals surface area (Å²) >= 11 is 1.59. The third-order valence-corrected chi connectivity index (χ3v) is 6.82. The molecule has 4 nitrogen and oxygen atoms in total. The molecule has 1 aliphatic carbocycles. The number of benzene rings is 1. The lowest BCUT2D eigenvalue weighted by Crippen LogP contribution is -2.43. The van der Waals surface area contributed by atoms with Gasteiger partial charge in [-0.05, 0) is 85.2 Å². The van der Waals surface area contributed by atoms with Gasteiger partial charge in [0.05, 0.1) is 4.88 Å². The third-order valence-electron chi connectivity index (χ3n) is 5.76. The van der Waals surface area contributed by atoms with E-state index in [9.17, 15) is 14.0 Å². The van der Waals surface area contributed by atoms with Crippen LogP contribution >= 0.6 is 11.3 Å². The third kappa shape index (κ3) is 4.12. The van der Waals surface area contributed by atoms with Crippen LogP contribution in [0.25, 0.3) is 0 Å². The fourth-order valence-electron chi connectivity index (χ4n) is 4.20. The standard InChI is InChI=1S/C22H25FN2O2S/c23-18-9-7-16(8-10-18)21(26)24-12-15-4-3-11-25(13-15)22(27)20-19-6-2-1-5-17(19)14-28-20/h7-10,14-15H,1-6,11-13H2,(H,24,26)/t15-/m1/s1. The quantitative estimate of drug-likeness (QED) is 0.842. The van der Waals surface area contributed by atoms with Gasteiger partial charge >= 0.3 is 0 Å². The zero-order valence-corrected chi connectivity index (χ0v) is 16.7. The highest BCUT2D eigenvalue weighted by atomic mass is 32.1. The lowest BCUT2D eigenvalue weighted by Gasteiger charge is -2.33. The maximum Gasteiger partial charge on any atom is 0.264 e. The highest BCUT2D eigenvalue weighted by molar-refractivity contribution is 7.12. The van der Waals surface area contributed by atoms with Crippen molar-refractivity contribution in [3.05, 3.63) is 57.0 Å². The lowest BCUT2D eigenvalue weighted by molar-refractivity contribution is 0.0674. The molecule has 0 spiro atoms. The second-order valence-electron chi connectivity index (χ2n) is 7.75. The molecule has 2 aliphatic rings. The maximum absolute atomic E-state index is 13.1. The zero-order valence-electron chi connectivity index (χ0n) is 15.9. The minimum atomic E-state index is -0.353. The van der Waals surface area contributed by atoms with E-state index in [-0.39, 0.29) is 23.5 Å². The number of likely N-dealkylation sites (tertiary alicyclic amines) is 1. The molecule has 0 saturated carbocycles. The Labute approximate surface area is 168 Å². The molecule has 1 aromatic carbocycles. The van der Waals surface area contributed by atoms with Crippen LogP contribution in [0, 0.1) is 11.7 Å². The van der Waals surface area contributed by atoms with Crippen LogP contribution < -0.4 is 5.32 Å². The van der Waals surface area contributed by atoms with E-state index < -0.39 is 0 Å². The molecule has 1 aliphatic heterocycles. The van der Waals surface area contributed by atoms with Gasteiger partial charge in [-0.3, -0.25) is 9.59 Å². The second kappa shape index (κ2) is 8.43. The number of aryl methyl sites for hydroxylation is 1. The summed E-state index contributed by atoms with van der Waals surface area (Å²) in [6.45, 7) is 1.99. The molecule has 2 amide bonds. The second-order valence-corrected chi connectivity index (χ2v) is 8.63. The van der Waals surface area contributed by atoms with Crippen molar-refractivity contribution in [2.75, 3.05) is 19.6 Å². The predicted octanol–water partition coefficient (Wildman–Crippen LogP) is 4.05. The SMILES string of the molecule is O=C(NC[C@H]1CCCN(C(=O)c2scc3c2CCCC3)C1)c1ccc(F)cc1. The number of amides is 2. The number of carbonyl (C=O) groups is 2. The maximum atomic E-state index is 13.1. The van der Waals surface area contributed by atoms with Crippen LogP contribution in [0.3, 0.4) is 0 Å². The number of fused-ring (bicyclic) bond motifs is 1. The Bertz CT molecular complexity index is 862. The Morgan fingerprint density at radius 1 is 1.14 bits per heavy atom. The fourth-order valence-corrected chi connectivity index (χ4v) is 5.32. The molecule has 148 valence electrons. The van der Waals surface area contributed by atoms with Crippen LogP contribution in [0.4, 0.5) is 4.39 Å². The largest absolute Gasteiger partial charge is 0.352 e. The normalized spacial score (nSPS) is 19.2. The van der Waals surface area contributed by atoms with Crippen molar-refractivity contribution in [2.45, 2.75) is 38.5 Å². The van der Waals surface area contributed by atoms with Crippen molar-refractivity contribution in [1.82, 2.24) is 10.2 Å².